The van der Waals surface area contributed by atoms with Crippen LogP contribution in [0.2, 0.25) is 5.02 Å². The molecule has 0 bridgehead atoms. The van der Waals surface area contributed by atoms with Crippen molar-refractivity contribution in [3.63, 3.8) is 0 Å². The number of aryl methyl sites for hydroxylation is 1. The van der Waals surface area contributed by atoms with Crippen molar-refractivity contribution in [2.24, 2.45) is 0 Å². The van der Waals surface area contributed by atoms with Gasteiger partial charge in [0.2, 0.25) is 0 Å². The number of nitrogens with zero attached hydrogens (tertiary/aromatic N) is 2. The van der Waals surface area contributed by atoms with E-state index in [0.717, 1.165) is 17.3 Å². The Morgan fingerprint density at radius 1 is 1.50 bits per heavy atom. The van der Waals surface area contributed by atoms with Gasteiger partial charge < -0.3 is 0 Å². The molecule has 0 aromatic carbocycles. The van der Waals surface area contributed by atoms with E-state index in [-0.39, 0.29) is 5.41 Å². The van der Waals surface area contributed by atoms with Crippen molar-refractivity contribution >= 4 is 11.6 Å². The van der Waals surface area contributed by atoms with Gasteiger partial charge in [0.1, 0.15) is 0 Å². The molecule has 3 heteroatoms. The molecule has 0 spiro atoms. The molecule has 0 aliphatic rings. The summed E-state index contributed by atoms with van der Waals surface area (Å²) in [6.45, 7) is 9.37. The molecule has 1 aromatic rings. The minimum absolute atomic E-state index is 0.0730. The minimum Gasteiger partial charge on any atom is -0.268 e. The molecule has 1 rings (SSSR count). The van der Waals surface area contributed by atoms with Crippen molar-refractivity contribution in [1.29, 1.82) is 0 Å². The first kappa shape index (κ1) is 9.59. The van der Waals surface area contributed by atoms with Gasteiger partial charge >= 0.3 is 0 Å². The standard InChI is InChI=1S/C9H15ClN2/c1-5-12-8(9(2,3)4)7(10)6-11-12/h6H,5H2,1-4H3. The zero-order valence-electron chi connectivity index (χ0n) is 8.06. The van der Waals surface area contributed by atoms with Crippen LogP contribution in [0.25, 0.3) is 0 Å². The van der Waals surface area contributed by atoms with Gasteiger partial charge in [-0.25, -0.2) is 0 Å². The zero-order valence-corrected chi connectivity index (χ0v) is 8.81. The van der Waals surface area contributed by atoms with Gasteiger partial charge in [0.25, 0.3) is 0 Å². The Morgan fingerprint density at radius 3 is 2.42 bits per heavy atom. The highest BCUT2D eigenvalue weighted by atomic mass is 35.5. The number of hydrogen-bond donors (Lipinski definition) is 0. The van der Waals surface area contributed by atoms with Crippen LogP contribution in [0.4, 0.5) is 0 Å². The lowest BCUT2D eigenvalue weighted by molar-refractivity contribution is 0.498. The predicted molar refractivity (Wildman–Crippen MR) is 51.6 cm³/mol. The number of hydrogen-bond acceptors (Lipinski definition) is 1. The van der Waals surface area contributed by atoms with Gasteiger partial charge in [0.15, 0.2) is 0 Å². The maximum Gasteiger partial charge on any atom is 0.0823 e. The summed E-state index contributed by atoms with van der Waals surface area (Å²) in [5.41, 5.74) is 1.19. The molecule has 0 radical (unpaired) electrons. The van der Waals surface area contributed by atoms with Crippen LogP contribution < -0.4 is 0 Å². The molecule has 12 heavy (non-hydrogen) atoms. The van der Waals surface area contributed by atoms with Crippen molar-refractivity contribution < 1.29 is 0 Å². The number of aromatic nitrogens is 2. The SMILES string of the molecule is CCn1ncc(Cl)c1C(C)(C)C. The summed E-state index contributed by atoms with van der Waals surface area (Å²) < 4.78 is 1.95. The van der Waals surface area contributed by atoms with Gasteiger partial charge in [0.05, 0.1) is 16.9 Å². The first-order valence-corrected chi connectivity index (χ1v) is 4.56. The van der Waals surface area contributed by atoms with Crippen molar-refractivity contribution in [3.8, 4) is 0 Å². The van der Waals surface area contributed by atoms with Crippen LogP contribution in [-0.4, -0.2) is 9.78 Å². The highest BCUT2D eigenvalue weighted by Gasteiger charge is 2.22. The van der Waals surface area contributed by atoms with Crippen LogP contribution in [0, 0.1) is 0 Å². The fourth-order valence-corrected chi connectivity index (χ4v) is 1.77. The fourth-order valence-electron chi connectivity index (χ4n) is 1.35. The van der Waals surface area contributed by atoms with Crippen molar-refractivity contribution in [1.82, 2.24) is 9.78 Å². The third kappa shape index (κ3) is 1.63. The van der Waals surface area contributed by atoms with Crippen molar-refractivity contribution in [2.75, 3.05) is 0 Å². The van der Waals surface area contributed by atoms with Gasteiger partial charge in [-0.1, -0.05) is 32.4 Å². The predicted octanol–water partition coefficient (Wildman–Crippen LogP) is 2.85. The first-order chi connectivity index (χ1) is 5.46. The molecule has 1 aromatic heterocycles. The molecule has 0 N–H and O–H groups in total. The Kier molecular flexibility index (Phi) is 2.47. The highest BCUT2D eigenvalue weighted by Crippen LogP contribution is 2.28. The summed E-state index contributed by atoms with van der Waals surface area (Å²) >= 11 is 6.03. The largest absolute Gasteiger partial charge is 0.268 e. The molecule has 0 saturated heterocycles. The van der Waals surface area contributed by atoms with E-state index in [1.165, 1.54) is 0 Å². The lowest BCUT2D eigenvalue weighted by Crippen LogP contribution is -2.18. The maximum atomic E-state index is 6.03. The Balaban J connectivity index is 3.19. The van der Waals surface area contributed by atoms with E-state index in [4.69, 9.17) is 11.6 Å². The summed E-state index contributed by atoms with van der Waals surface area (Å²) in [7, 11) is 0. The fraction of sp³-hybridized carbons (Fsp3) is 0.667. The molecular weight excluding hydrogens is 172 g/mol. The minimum atomic E-state index is 0.0730. The number of rotatable bonds is 1. The van der Waals surface area contributed by atoms with E-state index in [0.29, 0.717) is 0 Å². The van der Waals surface area contributed by atoms with Crippen LogP contribution in [0.5, 0.6) is 0 Å². The van der Waals surface area contributed by atoms with Gasteiger partial charge in [-0.2, -0.15) is 5.10 Å². The molecule has 0 atom stereocenters. The smallest absolute Gasteiger partial charge is 0.0823 e. The van der Waals surface area contributed by atoms with Crippen LogP contribution in [0.1, 0.15) is 33.4 Å². The van der Waals surface area contributed by atoms with E-state index >= 15 is 0 Å². The maximum absolute atomic E-state index is 6.03. The molecule has 2 nitrogen and oxygen atoms in total. The van der Waals surface area contributed by atoms with E-state index in [1.807, 2.05) is 4.68 Å². The monoisotopic (exact) mass is 186 g/mol. The summed E-state index contributed by atoms with van der Waals surface area (Å²) in [6.07, 6.45) is 1.71. The Bertz CT molecular complexity index is 271. The lowest BCUT2D eigenvalue weighted by Gasteiger charge is -2.20. The second-order valence-corrected chi connectivity index (χ2v) is 4.31. The van der Waals surface area contributed by atoms with Crippen LogP contribution >= 0.6 is 11.6 Å². The third-order valence-electron chi connectivity index (χ3n) is 1.80. The highest BCUT2D eigenvalue weighted by molar-refractivity contribution is 6.31. The first-order valence-electron chi connectivity index (χ1n) is 4.18. The molecule has 0 amide bonds. The molecule has 0 fully saturated rings. The normalized spacial score (nSPS) is 12.1. The second kappa shape index (κ2) is 3.09. The zero-order chi connectivity index (χ0) is 9.35. The average molecular weight is 187 g/mol. The topological polar surface area (TPSA) is 17.8 Å². The van der Waals surface area contributed by atoms with Gasteiger partial charge in [-0.05, 0) is 6.92 Å². The molecule has 0 aliphatic heterocycles. The van der Waals surface area contributed by atoms with Crippen molar-refractivity contribution in [2.45, 2.75) is 39.7 Å². The average Bonchev–Trinajstić information content (AvgIpc) is 2.29. The molecular formula is C9H15ClN2. The summed E-state index contributed by atoms with van der Waals surface area (Å²) in [5, 5.41) is 4.95. The molecule has 1 heterocycles. The van der Waals surface area contributed by atoms with E-state index in [9.17, 15) is 0 Å². The quantitative estimate of drug-likeness (QED) is 0.660. The van der Waals surface area contributed by atoms with Gasteiger partial charge in [0, 0.05) is 12.0 Å². The molecule has 0 unspecified atom stereocenters. The lowest BCUT2D eigenvalue weighted by atomic mass is 9.92. The Morgan fingerprint density at radius 2 is 2.08 bits per heavy atom. The molecule has 0 aliphatic carbocycles. The summed E-state index contributed by atoms with van der Waals surface area (Å²) in [5.74, 6) is 0. The summed E-state index contributed by atoms with van der Waals surface area (Å²) in [6, 6.07) is 0. The van der Waals surface area contributed by atoms with Gasteiger partial charge in [-0.3, -0.25) is 4.68 Å². The Labute approximate surface area is 78.5 Å². The van der Waals surface area contributed by atoms with Crippen LogP contribution in [0.15, 0.2) is 6.20 Å². The van der Waals surface area contributed by atoms with Crippen LogP contribution in [-0.2, 0) is 12.0 Å². The third-order valence-corrected chi connectivity index (χ3v) is 2.08. The summed E-state index contributed by atoms with van der Waals surface area (Å²) in [4.78, 5) is 0. The van der Waals surface area contributed by atoms with Crippen LogP contribution in [0.3, 0.4) is 0 Å². The van der Waals surface area contributed by atoms with Crippen molar-refractivity contribution in [3.05, 3.63) is 16.9 Å². The van der Waals surface area contributed by atoms with Gasteiger partial charge in [-0.15, -0.1) is 0 Å². The van der Waals surface area contributed by atoms with E-state index < -0.39 is 0 Å². The Hall–Kier alpha value is -0.500. The number of halogens is 1. The van der Waals surface area contributed by atoms with E-state index in [1.54, 1.807) is 6.20 Å². The van der Waals surface area contributed by atoms with E-state index in [2.05, 4.69) is 32.8 Å². The second-order valence-electron chi connectivity index (χ2n) is 3.91. The molecule has 0 saturated carbocycles. The molecule has 68 valence electrons.